The maximum absolute atomic E-state index is 14.4. The fraction of sp³-hybridized carbons (Fsp3) is 0.606. The van der Waals surface area contributed by atoms with Crippen LogP contribution in [0.25, 0.3) is 22.3 Å². The van der Waals surface area contributed by atoms with Crippen LogP contribution in [0.2, 0.25) is 0 Å². The topological polar surface area (TPSA) is 87.6 Å². The van der Waals surface area contributed by atoms with Gasteiger partial charge in [-0.3, -0.25) is 9.69 Å². The first-order valence-electron chi connectivity index (χ1n) is 16.2. The van der Waals surface area contributed by atoms with Crippen LogP contribution in [0.3, 0.4) is 0 Å². The molecule has 3 aromatic rings. The molecular weight excluding hydrogens is 526 g/mol. The number of hydrogen-bond donors (Lipinski definition) is 2. The Morgan fingerprint density at radius 3 is 2.50 bits per heavy atom. The van der Waals surface area contributed by atoms with Crippen molar-refractivity contribution in [3.63, 3.8) is 0 Å². The Morgan fingerprint density at radius 2 is 1.79 bits per heavy atom. The van der Waals surface area contributed by atoms with Gasteiger partial charge in [-0.25, -0.2) is 9.97 Å². The quantitative estimate of drug-likeness (QED) is 0.461. The van der Waals surface area contributed by atoms with E-state index in [-0.39, 0.29) is 6.04 Å². The van der Waals surface area contributed by atoms with Crippen molar-refractivity contribution in [3.8, 4) is 11.3 Å². The third-order valence-corrected chi connectivity index (χ3v) is 11.1. The molecule has 3 saturated heterocycles. The van der Waals surface area contributed by atoms with E-state index in [1.165, 1.54) is 24.8 Å². The van der Waals surface area contributed by atoms with Gasteiger partial charge in [-0.2, -0.15) is 0 Å². The second kappa shape index (κ2) is 9.24. The van der Waals surface area contributed by atoms with Crippen LogP contribution in [0.1, 0.15) is 70.4 Å². The van der Waals surface area contributed by atoms with Gasteiger partial charge >= 0.3 is 0 Å². The molecule has 5 fully saturated rings. The molecule has 0 radical (unpaired) electrons. The van der Waals surface area contributed by atoms with E-state index in [1.807, 2.05) is 6.33 Å². The number of nitrogens with zero attached hydrogens (tertiary/aromatic N) is 5. The molecule has 9 rings (SSSR count). The third kappa shape index (κ3) is 3.69. The maximum atomic E-state index is 14.4. The molecule has 2 N–H and O–H groups in total. The first kappa shape index (κ1) is 25.5. The predicted molar refractivity (Wildman–Crippen MR) is 163 cm³/mol. The summed E-state index contributed by atoms with van der Waals surface area (Å²) in [7, 11) is 0. The van der Waals surface area contributed by atoms with E-state index in [4.69, 9.17) is 14.7 Å². The van der Waals surface area contributed by atoms with Crippen LogP contribution in [0.15, 0.2) is 30.6 Å². The molecule has 1 spiro atoms. The summed E-state index contributed by atoms with van der Waals surface area (Å²) in [6, 6.07) is 11.6. The Bertz CT molecular complexity index is 1550. The number of carbonyl (C=O) groups excluding carboxylic acids is 1. The number of anilines is 2. The molecule has 2 bridgehead atoms. The second-order valence-corrected chi connectivity index (χ2v) is 13.9. The van der Waals surface area contributed by atoms with Gasteiger partial charge in [0.1, 0.15) is 5.52 Å². The Morgan fingerprint density at radius 1 is 1.02 bits per heavy atom. The van der Waals surface area contributed by atoms with Crippen molar-refractivity contribution in [3.05, 3.63) is 36.2 Å². The fourth-order valence-electron chi connectivity index (χ4n) is 8.55. The maximum Gasteiger partial charge on any atom is 0.238 e. The number of benzene rings is 1. The van der Waals surface area contributed by atoms with E-state index in [0.717, 1.165) is 85.8 Å². The smallest absolute Gasteiger partial charge is 0.238 e. The average Bonchev–Trinajstić information content (AvgIpc) is 3.64. The molecule has 2 aromatic heterocycles. The molecule has 4 aliphatic heterocycles. The van der Waals surface area contributed by atoms with Gasteiger partial charge in [-0.1, -0.05) is 12.1 Å². The van der Waals surface area contributed by atoms with Gasteiger partial charge in [0.25, 0.3) is 0 Å². The summed E-state index contributed by atoms with van der Waals surface area (Å²) in [6.07, 6.45) is 9.43. The zero-order chi connectivity index (χ0) is 28.2. The molecule has 2 saturated carbocycles. The Hall–Kier alpha value is -3.01. The van der Waals surface area contributed by atoms with Crippen molar-refractivity contribution in [2.24, 2.45) is 0 Å². The molecule has 6 heterocycles. The van der Waals surface area contributed by atoms with Crippen LogP contribution >= 0.6 is 0 Å². The molecule has 2 atom stereocenters. The number of morpholine rings is 1. The summed E-state index contributed by atoms with van der Waals surface area (Å²) in [5.41, 5.74) is 5.94. The number of rotatable bonds is 6. The van der Waals surface area contributed by atoms with Crippen molar-refractivity contribution in [1.82, 2.24) is 24.8 Å². The second-order valence-electron chi connectivity index (χ2n) is 13.9. The van der Waals surface area contributed by atoms with E-state index in [0.29, 0.717) is 36.1 Å². The van der Waals surface area contributed by atoms with Crippen molar-refractivity contribution in [2.75, 3.05) is 36.5 Å². The summed E-state index contributed by atoms with van der Waals surface area (Å²) in [5.74, 6) is 1.24. The number of amides is 1. The zero-order valence-electron chi connectivity index (χ0n) is 24.7. The SMILES string of the molecule is CC(C)n1cnc2cc(-c3ccc4c(c3)N([C@H]3C[C@@H](N5C6COCC5C6)C3)C(=O)C43CCNCC3)nc(NC3CC3)c21. The Balaban J connectivity index is 1.09. The lowest BCUT2D eigenvalue weighted by molar-refractivity contribution is -0.161. The van der Waals surface area contributed by atoms with Crippen LogP contribution < -0.4 is 15.5 Å². The van der Waals surface area contributed by atoms with Gasteiger partial charge in [0, 0.05) is 47.5 Å². The fourth-order valence-corrected chi connectivity index (χ4v) is 8.55. The molecular formula is C33H41N7O2. The molecule has 9 nitrogen and oxygen atoms in total. The average molecular weight is 568 g/mol. The number of pyridine rings is 1. The molecule has 42 heavy (non-hydrogen) atoms. The van der Waals surface area contributed by atoms with Gasteiger partial charge in [0.15, 0.2) is 5.82 Å². The lowest BCUT2D eigenvalue weighted by Crippen LogP contribution is -2.70. The van der Waals surface area contributed by atoms with Crippen LogP contribution in [0, 0.1) is 0 Å². The molecule has 220 valence electrons. The summed E-state index contributed by atoms with van der Waals surface area (Å²) in [4.78, 5) is 29.3. The molecule has 2 unspecified atom stereocenters. The number of aromatic nitrogens is 3. The molecule has 6 aliphatic rings. The van der Waals surface area contributed by atoms with Crippen LogP contribution in [-0.4, -0.2) is 81.9 Å². The first-order valence-corrected chi connectivity index (χ1v) is 16.2. The number of fused-ring (bicyclic) bond motifs is 5. The lowest BCUT2D eigenvalue weighted by Gasteiger charge is -2.60. The number of ether oxygens (including phenoxy) is 1. The van der Waals surface area contributed by atoms with Gasteiger partial charge in [0.2, 0.25) is 5.91 Å². The molecule has 2 aliphatic carbocycles. The highest BCUT2D eigenvalue weighted by Crippen LogP contribution is 2.52. The highest BCUT2D eigenvalue weighted by Gasteiger charge is 2.57. The van der Waals surface area contributed by atoms with E-state index < -0.39 is 5.41 Å². The van der Waals surface area contributed by atoms with Crippen molar-refractivity contribution < 1.29 is 9.53 Å². The minimum atomic E-state index is -0.405. The van der Waals surface area contributed by atoms with E-state index in [2.05, 4.69) is 63.1 Å². The van der Waals surface area contributed by atoms with Crippen LogP contribution in [0.4, 0.5) is 11.5 Å². The molecule has 9 heteroatoms. The number of nitrogens with one attached hydrogen (secondary N) is 2. The van der Waals surface area contributed by atoms with Gasteiger partial charge in [-0.15, -0.1) is 0 Å². The van der Waals surface area contributed by atoms with Crippen molar-refractivity contribution in [1.29, 1.82) is 0 Å². The van der Waals surface area contributed by atoms with Gasteiger partial charge in [-0.05, 0) is 89.6 Å². The van der Waals surface area contributed by atoms with Crippen molar-refractivity contribution in [2.45, 2.75) is 100 Å². The molecule has 1 amide bonds. The third-order valence-electron chi connectivity index (χ3n) is 11.1. The lowest BCUT2D eigenvalue weighted by atomic mass is 9.73. The summed E-state index contributed by atoms with van der Waals surface area (Å²) >= 11 is 0. The minimum absolute atomic E-state index is 0.261. The number of piperidine rings is 1. The zero-order valence-corrected chi connectivity index (χ0v) is 24.7. The summed E-state index contributed by atoms with van der Waals surface area (Å²) in [5, 5.41) is 7.18. The predicted octanol–water partition coefficient (Wildman–Crippen LogP) is 4.23. The van der Waals surface area contributed by atoms with E-state index >= 15 is 0 Å². The minimum Gasteiger partial charge on any atom is -0.378 e. The highest BCUT2D eigenvalue weighted by molar-refractivity contribution is 6.09. The first-order chi connectivity index (χ1) is 20.5. The van der Waals surface area contributed by atoms with Gasteiger partial charge in [0.05, 0.1) is 36.2 Å². The standard InChI is InChI=1S/C33H41N7O2/c1-19(2)38-18-35-28-15-27(37-31(30(28)38)36-21-4-5-21)20-3-6-26-29(11-20)40(32(41)33(26)7-9-34-10-8-33)23-12-22(13-23)39-24-14-25(39)17-42-16-24/h3,6,11,15,18-19,21-25,34H,4-5,7-10,12-14,16-17H2,1-2H3,(H,36,37)/t22-,23+,24?,25?. The summed E-state index contributed by atoms with van der Waals surface area (Å²) < 4.78 is 7.96. The van der Waals surface area contributed by atoms with Crippen LogP contribution in [0.5, 0.6) is 0 Å². The normalized spacial score (nSPS) is 30.1. The monoisotopic (exact) mass is 567 g/mol. The highest BCUT2D eigenvalue weighted by atomic mass is 16.5. The van der Waals surface area contributed by atoms with Gasteiger partial charge < -0.3 is 24.8 Å². The molecule has 1 aromatic carbocycles. The largest absolute Gasteiger partial charge is 0.378 e. The van der Waals surface area contributed by atoms with Crippen molar-refractivity contribution >= 4 is 28.4 Å². The Kier molecular flexibility index (Phi) is 5.61. The number of hydrogen-bond acceptors (Lipinski definition) is 7. The van der Waals surface area contributed by atoms with Crippen LogP contribution in [-0.2, 0) is 14.9 Å². The number of carbonyl (C=O) groups is 1. The van der Waals surface area contributed by atoms with E-state index in [1.54, 1.807) is 0 Å². The Labute approximate surface area is 247 Å². The van der Waals surface area contributed by atoms with E-state index in [9.17, 15) is 4.79 Å². The number of imidazole rings is 1. The summed E-state index contributed by atoms with van der Waals surface area (Å²) in [6.45, 7) is 7.88.